The number of hydrogen-bond donors (Lipinski definition) is 1. The zero-order valence-electron chi connectivity index (χ0n) is 12.0. The maximum Gasteiger partial charge on any atom is 0.276 e. The summed E-state index contributed by atoms with van der Waals surface area (Å²) < 4.78 is 3.66. The van der Waals surface area contributed by atoms with E-state index < -0.39 is 9.70 Å². The molecular formula is C14H19Cl3N2O2. The van der Waals surface area contributed by atoms with Crippen molar-refractivity contribution in [1.29, 1.82) is 0 Å². The Bertz CT molecular complexity index is 443. The van der Waals surface area contributed by atoms with Crippen molar-refractivity contribution in [3.05, 3.63) is 24.3 Å². The number of carbonyl (C=O) groups is 1. The first-order chi connectivity index (χ1) is 9.86. The molecule has 4 nitrogen and oxygen atoms in total. The molecule has 0 radical (unpaired) electrons. The van der Waals surface area contributed by atoms with Crippen LogP contribution in [0, 0.1) is 0 Å². The van der Waals surface area contributed by atoms with Crippen LogP contribution in [-0.4, -0.2) is 40.8 Å². The van der Waals surface area contributed by atoms with E-state index in [4.69, 9.17) is 39.5 Å². The second kappa shape index (κ2) is 8.69. The van der Waals surface area contributed by atoms with Gasteiger partial charge in [-0.1, -0.05) is 48.7 Å². The van der Waals surface area contributed by atoms with Crippen LogP contribution in [0.2, 0.25) is 0 Å². The lowest BCUT2D eigenvalue weighted by Gasteiger charge is -2.18. The van der Waals surface area contributed by atoms with Crippen molar-refractivity contribution in [3.8, 4) is 5.75 Å². The van der Waals surface area contributed by atoms with Crippen molar-refractivity contribution in [3.63, 3.8) is 0 Å². The predicted octanol–water partition coefficient (Wildman–Crippen LogP) is 3.72. The third kappa shape index (κ3) is 6.74. The molecule has 0 aliphatic rings. The highest BCUT2D eigenvalue weighted by Crippen LogP contribution is 2.28. The standard InChI is InChI=1S/C14H19Cl3N2O2/c1-3-19(4-2)9-10-21-12-7-5-11(6-8-12)18-13(20)14(15,16)17/h5-8H,3-4,9-10H2,1-2H3,(H,18,20). The maximum absolute atomic E-state index is 11.5. The monoisotopic (exact) mass is 352 g/mol. The van der Waals surface area contributed by atoms with Crippen LogP contribution in [0.15, 0.2) is 24.3 Å². The Morgan fingerprint density at radius 3 is 2.24 bits per heavy atom. The summed E-state index contributed by atoms with van der Waals surface area (Å²) in [4.78, 5) is 13.8. The van der Waals surface area contributed by atoms with E-state index in [1.807, 2.05) is 0 Å². The highest BCUT2D eigenvalue weighted by Gasteiger charge is 2.30. The molecule has 0 bridgehead atoms. The van der Waals surface area contributed by atoms with Gasteiger partial charge >= 0.3 is 0 Å². The fourth-order valence-electron chi connectivity index (χ4n) is 1.67. The average Bonchev–Trinajstić information content (AvgIpc) is 2.44. The summed E-state index contributed by atoms with van der Waals surface area (Å²) in [5, 5.41) is 2.50. The Morgan fingerprint density at radius 1 is 1.19 bits per heavy atom. The second-order valence-corrected chi connectivity index (χ2v) is 6.63. The van der Waals surface area contributed by atoms with Crippen LogP contribution in [0.25, 0.3) is 0 Å². The number of alkyl halides is 3. The van der Waals surface area contributed by atoms with Gasteiger partial charge < -0.3 is 15.0 Å². The lowest BCUT2D eigenvalue weighted by Crippen LogP contribution is -2.28. The molecule has 21 heavy (non-hydrogen) atoms. The highest BCUT2D eigenvalue weighted by atomic mass is 35.6. The molecule has 0 saturated heterocycles. The minimum absolute atomic E-state index is 0.544. The minimum Gasteiger partial charge on any atom is -0.492 e. The highest BCUT2D eigenvalue weighted by molar-refractivity contribution is 6.76. The molecule has 7 heteroatoms. The number of anilines is 1. The topological polar surface area (TPSA) is 41.6 Å². The van der Waals surface area contributed by atoms with Gasteiger partial charge in [-0.15, -0.1) is 0 Å². The van der Waals surface area contributed by atoms with Gasteiger partial charge in [-0.3, -0.25) is 4.79 Å². The molecule has 1 aromatic carbocycles. The van der Waals surface area contributed by atoms with Crippen LogP contribution in [0.1, 0.15) is 13.8 Å². The van der Waals surface area contributed by atoms with Crippen molar-refractivity contribution in [2.75, 3.05) is 31.6 Å². The first-order valence-corrected chi connectivity index (χ1v) is 7.83. The van der Waals surface area contributed by atoms with E-state index in [1.165, 1.54) is 0 Å². The lowest BCUT2D eigenvalue weighted by molar-refractivity contribution is -0.115. The van der Waals surface area contributed by atoms with Gasteiger partial charge in [0.25, 0.3) is 9.70 Å². The van der Waals surface area contributed by atoms with Gasteiger partial charge in [0.1, 0.15) is 12.4 Å². The molecule has 1 aromatic rings. The fourth-order valence-corrected chi connectivity index (χ4v) is 1.81. The molecule has 1 rings (SSSR count). The van der Waals surface area contributed by atoms with E-state index in [0.717, 1.165) is 25.4 Å². The Hall–Kier alpha value is -0.680. The molecule has 1 amide bonds. The van der Waals surface area contributed by atoms with Gasteiger partial charge in [0.2, 0.25) is 0 Å². The van der Waals surface area contributed by atoms with Crippen LogP contribution >= 0.6 is 34.8 Å². The molecular weight excluding hydrogens is 335 g/mol. The van der Waals surface area contributed by atoms with E-state index in [9.17, 15) is 4.79 Å². The quantitative estimate of drug-likeness (QED) is 0.760. The van der Waals surface area contributed by atoms with Crippen LogP contribution in [0.5, 0.6) is 5.75 Å². The number of amides is 1. The number of hydrogen-bond acceptors (Lipinski definition) is 3. The molecule has 0 heterocycles. The van der Waals surface area contributed by atoms with Crippen molar-refractivity contribution in [1.82, 2.24) is 4.90 Å². The Morgan fingerprint density at radius 2 is 1.76 bits per heavy atom. The number of likely N-dealkylation sites (N-methyl/N-ethyl adjacent to an activating group) is 1. The number of carbonyl (C=O) groups excluding carboxylic acids is 1. The molecule has 0 aliphatic carbocycles. The Labute approximate surface area is 140 Å². The average molecular weight is 354 g/mol. The molecule has 0 saturated carbocycles. The molecule has 118 valence electrons. The van der Waals surface area contributed by atoms with E-state index in [-0.39, 0.29) is 0 Å². The van der Waals surface area contributed by atoms with E-state index in [1.54, 1.807) is 24.3 Å². The van der Waals surface area contributed by atoms with E-state index >= 15 is 0 Å². The van der Waals surface area contributed by atoms with Crippen LogP contribution in [-0.2, 0) is 4.79 Å². The van der Waals surface area contributed by atoms with Crippen LogP contribution in [0.3, 0.4) is 0 Å². The lowest BCUT2D eigenvalue weighted by atomic mass is 10.3. The third-order valence-corrected chi connectivity index (χ3v) is 3.46. The van der Waals surface area contributed by atoms with Crippen LogP contribution < -0.4 is 10.1 Å². The number of rotatable bonds is 7. The molecule has 1 N–H and O–H groups in total. The largest absolute Gasteiger partial charge is 0.492 e. The summed E-state index contributed by atoms with van der Waals surface area (Å²) in [5.41, 5.74) is 0.544. The first-order valence-electron chi connectivity index (χ1n) is 6.70. The second-order valence-electron chi connectivity index (χ2n) is 4.35. The summed E-state index contributed by atoms with van der Waals surface area (Å²) in [6.45, 7) is 7.72. The SMILES string of the molecule is CCN(CC)CCOc1ccc(NC(=O)C(Cl)(Cl)Cl)cc1. The van der Waals surface area contributed by atoms with E-state index in [0.29, 0.717) is 12.3 Å². The summed E-state index contributed by atoms with van der Waals surface area (Å²) in [5.74, 6) is 0.0386. The number of ether oxygens (including phenoxy) is 1. The maximum atomic E-state index is 11.5. The van der Waals surface area contributed by atoms with Crippen molar-refractivity contribution >= 4 is 46.4 Å². The number of nitrogens with zero attached hydrogens (tertiary/aromatic N) is 1. The summed E-state index contributed by atoms with van der Waals surface area (Å²) in [6.07, 6.45) is 0. The number of nitrogens with one attached hydrogen (secondary N) is 1. The number of benzene rings is 1. The Kier molecular flexibility index (Phi) is 7.60. The molecule has 0 spiro atoms. The zero-order chi connectivity index (χ0) is 15.9. The van der Waals surface area contributed by atoms with E-state index in [2.05, 4.69) is 24.1 Å². The zero-order valence-corrected chi connectivity index (χ0v) is 14.3. The van der Waals surface area contributed by atoms with Crippen molar-refractivity contribution in [2.45, 2.75) is 17.6 Å². The van der Waals surface area contributed by atoms with Crippen LogP contribution in [0.4, 0.5) is 5.69 Å². The molecule has 0 aromatic heterocycles. The first kappa shape index (κ1) is 18.4. The minimum atomic E-state index is -1.97. The predicted molar refractivity (Wildman–Crippen MR) is 88.6 cm³/mol. The van der Waals surface area contributed by atoms with Gasteiger partial charge in [-0.25, -0.2) is 0 Å². The molecule has 0 fully saturated rings. The van der Waals surface area contributed by atoms with Crippen molar-refractivity contribution in [2.24, 2.45) is 0 Å². The third-order valence-electron chi connectivity index (χ3n) is 2.94. The fraction of sp³-hybridized carbons (Fsp3) is 0.500. The summed E-state index contributed by atoms with van der Waals surface area (Å²) >= 11 is 16.4. The normalized spacial score (nSPS) is 11.5. The Balaban J connectivity index is 2.45. The van der Waals surface area contributed by atoms with Gasteiger partial charge in [0, 0.05) is 12.2 Å². The summed E-state index contributed by atoms with van der Waals surface area (Å²) in [7, 11) is 0. The smallest absolute Gasteiger partial charge is 0.276 e. The van der Waals surface area contributed by atoms with Gasteiger partial charge in [-0.2, -0.15) is 0 Å². The van der Waals surface area contributed by atoms with Gasteiger partial charge in [0.15, 0.2) is 0 Å². The molecule has 0 unspecified atom stereocenters. The molecule has 0 aliphatic heterocycles. The van der Waals surface area contributed by atoms with Crippen molar-refractivity contribution < 1.29 is 9.53 Å². The van der Waals surface area contributed by atoms with Gasteiger partial charge in [-0.05, 0) is 37.4 Å². The summed E-state index contributed by atoms with van der Waals surface area (Å²) in [6, 6.07) is 6.91. The molecule has 0 atom stereocenters. The van der Waals surface area contributed by atoms with Gasteiger partial charge in [0.05, 0.1) is 0 Å². The number of halogens is 3.